The van der Waals surface area contributed by atoms with Crippen LogP contribution < -0.4 is 0 Å². The number of amidine groups is 1. The average molecular weight is 514 g/mol. The minimum Gasteiger partial charge on any atom is -0.384 e. The number of amides is 2. The first-order valence-electron chi connectivity index (χ1n) is 13.0. The van der Waals surface area contributed by atoms with Gasteiger partial charge in [-0.2, -0.15) is 5.10 Å². The van der Waals surface area contributed by atoms with Gasteiger partial charge in [0.25, 0.3) is 11.8 Å². The Morgan fingerprint density at radius 1 is 1.05 bits per heavy atom. The minimum atomic E-state index is -1.01. The lowest BCUT2D eigenvalue weighted by Gasteiger charge is -2.41. The molecule has 0 saturated carbocycles. The third-order valence-corrected chi connectivity index (χ3v) is 7.69. The van der Waals surface area contributed by atoms with E-state index in [0.29, 0.717) is 45.1 Å². The van der Waals surface area contributed by atoms with Gasteiger partial charge in [-0.1, -0.05) is 48.5 Å². The van der Waals surface area contributed by atoms with Gasteiger partial charge in [-0.15, -0.1) is 0 Å². The molecule has 2 aromatic carbocycles. The predicted octanol–water partition coefficient (Wildman–Crippen LogP) is 2.34. The maximum absolute atomic E-state index is 13.6. The van der Waals surface area contributed by atoms with E-state index < -0.39 is 11.6 Å². The lowest BCUT2D eigenvalue weighted by molar-refractivity contribution is -0.146. The van der Waals surface area contributed by atoms with Crippen molar-refractivity contribution in [3.8, 4) is 22.3 Å². The fourth-order valence-corrected chi connectivity index (χ4v) is 5.48. The van der Waals surface area contributed by atoms with Crippen LogP contribution in [0.25, 0.3) is 22.3 Å². The molecule has 1 aromatic heterocycles. The van der Waals surface area contributed by atoms with Crippen LogP contribution in [0.1, 0.15) is 18.9 Å². The van der Waals surface area contributed by atoms with E-state index in [9.17, 15) is 14.7 Å². The molecule has 2 amide bonds. The number of carbonyl (C=O) groups excluding carboxylic acids is 2. The number of aliphatic hydroxyl groups is 1. The van der Waals surface area contributed by atoms with Crippen molar-refractivity contribution in [1.29, 1.82) is 0 Å². The Hall–Kier alpha value is -3.82. The molecule has 0 bridgehead atoms. The summed E-state index contributed by atoms with van der Waals surface area (Å²) in [6.45, 7) is 3.83. The molecule has 3 aliphatic rings. The lowest BCUT2D eigenvalue weighted by Crippen LogP contribution is -2.57. The average Bonchev–Trinajstić information content (AvgIpc) is 3.62. The van der Waals surface area contributed by atoms with E-state index in [1.807, 2.05) is 31.6 Å². The molecule has 3 aromatic rings. The van der Waals surface area contributed by atoms with Gasteiger partial charge in [-0.25, -0.2) is 4.99 Å². The molecule has 0 radical (unpaired) electrons. The van der Waals surface area contributed by atoms with Crippen molar-refractivity contribution >= 4 is 17.6 Å². The van der Waals surface area contributed by atoms with Crippen molar-refractivity contribution in [2.75, 3.05) is 32.8 Å². The molecule has 1 N–H and O–H groups in total. The first kappa shape index (κ1) is 24.5. The van der Waals surface area contributed by atoms with E-state index in [0.717, 1.165) is 27.8 Å². The van der Waals surface area contributed by atoms with Crippen LogP contribution in [0.4, 0.5) is 0 Å². The number of ether oxygens (including phenoxy) is 1. The Bertz CT molecular complexity index is 1380. The molecule has 2 saturated heterocycles. The van der Waals surface area contributed by atoms with Gasteiger partial charge in [-0.3, -0.25) is 19.2 Å². The third-order valence-electron chi connectivity index (χ3n) is 7.69. The highest BCUT2D eigenvalue weighted by Gasteiger charge is 2.52. The van der Waals surface area contributed by atoms with Crippen LogP contribution in [0.2, 0.25) is 0 Å². The summed E-state index contributed by atoms with van der Waals surface area (Å²) >= 11 is 0. The maximum atomic E-state index is 13.6. The molecule has 196 valence electrons. The number of likely N-dealkylation sites (tertiary alicyclic amines) is 1. The molecule has 4 heterocycles. The van der Waals surface area contributed by atoms with Crippen molar-refractivity contribution in [2.24, 2.45) is 18.0 Å². The second-order valence-corrected chi connectivity index (χ2v) is 10.5. The van der Waals surface area contributed by atoms with Crippen LogP contribution in [-0.2, 0) is 21.4 Å². The number of hydrogen-bond acceptors (Lipinski definition) is 6. The zero-order chi connectivity index (χ0) is 26.4. The summed E-state index contributed by atoms with van der Waals surface area (Å²) in [7, 11) is 1.91. The Balaban J connectivity index is 1.21. The van der Waals surface area contributed by atoms with Gasteiger partial charge < -0.3 is 14.7 Å². The summed E-state index contributed by atoms with van der Waals surface area (Å²) < 4.78 is 7.38. The molecule has 9 heteroatoms. The second kappa shape index (κ2) is 9.49. The molecular weight excluding hydrogens is 482 g/mol. The van der Waals surface area contributed by atoms with Crippen LogP contribution in [-0.4, -0.2) is 86.8 Å². The minimum absolute atomic E-state index is 0.0274. The maximum Gasteiger partial charge on any atom is 0.258 e. The van der Waals surface area contributed by atoms with E-state index in [1.165, 1.54) is 6.92 Å². The molecule has 2 unspecified atom stereocenters. The summed E-state index contributed by atoms with van der Waals surface area (Å²) in [6.07, 6.45) is 3.41. The van der Waals surface area contributed by atoms with Crippen molar-refractivity contribution in [1.82, 2.24) is 19.6 Å². The van der Waals surface area contributed by atoms with E-state index in [1.54, 1.807) is 14.5 Å². The normalized spacial score (nSPS) is 22.2. The van der Waals surface area contributed by atoms with Gasteiger partial charge in [0.15, 0.2) is 5.54 Å². The van der Waals surface area contributed by atoms with Crippen molar-refractivity contribution in [3.05, 3.63) is 66.5 Å². The van der Waals surface area contributed by atoms with Crippen LogP contribution in [0.5, 0.6) is 0 Å². The van der Waals surface area contributed by atoms with Crippen LogP contribution in [0.15, 0.2) is 65.9 Å². The number of benzene rings is 2. The molecular formula is C29H31N5O4. The van der Waals surface area contributed by atoms with Gasteiger partial charge >= 0.3 is 0 Å². The smallest absolute Gasteiger partial charge is 0.258 e. The van der Waals surface area contributed by atoms with Crippen LogP contribution in [0.3, 0.4) is 0 Å². The molecule has 6 rings (SSSR count). The van der Waals surface area contributed by atoms with E-state index >= 15 is 0 Å². The van der Waals surface area contributed by atoms with Crippen molar-refractivity contribution in [3.63, 3.8) is 0 Å². The monoisotopic (exact) mass is 513 g/mol. The fourth-order valence-electron chi connectivity index (χ4n) is 5.48. The second-order valence-electron chi connectivity index (χ2n) is 10.5. The molecule has 1 spiro atoms. The van der Waals surface area contributed by atoms with Crippen molar-refractivity contribution in [2.45, 2.75) is 25.0 Å². The highest BCUT2D eigenvalue weighted by molar-refractivity contribution is 6.15. The van der Waals surface area contributed by atoms with E-state index in [-0.39, 0.29) is 17.7 Å². The van der Waals surface area contributed by atoms with Gasteiger partial charge in [0, 0.05) is 63.0 Å². The lowest BCUT2D eigenvalue weighted by atomic mass is 9.96. The molecule has 2 fully saturated rings. The Morgan fingerprint density at radius 3 is 2.18 bits per heavy atom. The summed E-state index contributed by atoms with van der Waals surface area (Å²) in [6, 6.07) is 16.5. The molecule has 9 nitrogen and oxygen atoms in total. The summed E-state index contributed by atoms with van der Waals surface area (Å²) in [5.74, 6) is 0.509. The third kappa shape index (κ3) is 4.31. The topological polar surface area (TPSA) is 100 Å². The SMILES string of the molecule is CC(O)C(=O)N1CC(CN2C(=O)C3(CCOC3)N=C2c2ccc(-c3ccc(-c4cnn(C)c4)cc3)cc2)C1. The number of aryl methyl sites for hydroxylation is 1. The summed E-state index contributed by atoms with van der Waals surface area (Å²) in [5.41, 5.74) is 4.40. The fraction of sp³-hybridized carbons (Fsp3) is 0.379. The Kier molecular flexibility index (Phi) is 6.12. The van der Waals surface area contributed by atoms with Crippen LogP contribution in [0, 0.1) is 5.92 Å². The summed E-state index contributed by atoms with van der Waals surface area (Å²) in [4.78, 5) is 34.0. The van der Waals surface area contributed by atoms with Gasteiger partial charge in [-0.05, 0) is 23.6 Å². The standard InChI is InChI=1S/C29H31N5O4/c1-19(35)27(36)33-14-20(15-33)16-34-26(31-29(28(34)37)11-12-38-18-29)24-9-7-22(8-10-24)21-3-5-23(6-4-21)25-13-30-32(2)17-25/h3-10,13,17,19-20,35H,11-12,14-16,18H2,1-2H3. The molecule has 0 aliphatic carbocycles. The highest BCUT2D eigenvalue weighted by atomic mass is 16.5. The molecule has 3 aliphatic heterocycles. The van der Waals surface area contributed by atoms with Gasteiger partial charge in [0.2, 0.25) is 0 Å². The van der Waals surface area contributed by atoms with Crippen LogP contribution >= 0.6 is 0 Å². The molecule has 2 atom stereocenters. The Morgan fingerprint density at radius 2 is 1.66 bits per heavy atom. The predicted molar refractivity (Wildman–Crippen MR) is 142 cm³/mol. The molecule has 38 heavy (non-hydrogen) atoms. The number of rotatable bonds is 6. The van der Waals surface area contributed by atoms with E-state index in [4.69, 9.17) is 9.73 Å². The quantitative estimate of drug-likeness (QED) is 0.546. The number of aromatic nitrogens is 2. The Labute approximate surface area is 221 Å². The van der Waals surface area contributed by atoms with Gasteiger partial charge in [0.1, 0.15) is 11.9 Å². The number of carbonyl (C=O) groups is 2. The number of aliphatic imine (C=N–C) groups is 1. The number of aliphatic hydroxyl groups excluding tert-OH is 1. The highest BCUT2D eigenvalue weighted by Crippen LogP contribution is 2.35. The zero-order valence-corrected chi connectivity index (χ0v) is 21.6. The first-order chi connectivity index (χ1) is 18.3. The first-order valence-corrected chi connectivity index (χ1v) is 13.0. The van der Waals surface area contributed by atoms with Crippen molar-refractivity contribution < 1.29 is 19.4 Å². The number of nitrogens with zero attached hydrogens (tertiary/aromatic N) is 5. The largest absolute Gasteiger partial charge is 0.384 e. The summed E-state index contributed by atoms with van der Waals surface area (Å²) in [5, 5.41) is 13.8. The van der Waals surface area contributed by atoms with E-state index in [2.05, 4.69) is 41.5 Å². The number of hydrogen-bond donors (Lipinski definition) is 1. The van der Waals surface area contributed by atoms with Gasteiger partial charge in [0.05, 0.1) is 12.8 Å². The zero-order valence-electron chi connectivity index (χ0n) is 21.6.